The van der Waals surface area contributed by atoms with Gasteiger partial charge in [0, 0.05) is 18.3 Å². The van der Waals surface area contributed by atoms with Crippen molar-refractivity contribution in [1.82, 2.24) is 14.7 Å². The summed E-state index contributed by atoms with van der Waals surface area (Å²) in [6, 6.07) is 11.4. The van der Waals surface area contributed by atoms with Crippen LogP contribution in [-0.2, 0) is 4.79 Å². The fourth-order valence-corrected chi connectivity index (χ4v) is 3.15. The molecule has 24 heavy (non-hydrogen) atoms. The van der Waals surface area contributed by atoms with Gasteiger partial charge in [-0.15, -0.1) is 0 Å². The Kier molecular flexibility index (Phi) is 4.38. The van der Waals surface area contributed by atoms with Crippen molar-refractivity contribution in [3.63, 3.8) is 0 Å². The van der Waals surface area contributed by atoms with Gasteiger partial charge >= 0.3 is 5.97 Å². The number of rotatable bonds is 3. The van der Waals surface area contributed by atoms with E-state index in [4.69, 9.17) is 0 Å². The fraction of sp³-hybridized carbons (Fsp3) is 0.389. The van der Waals surface area contributed by atoms with E-state index in [1.807, 2.05) is 44.2 Å². The van der Waals surface area contributed by atoms with Gasteiger partial charge in [0.05, 0.1) is 11.6 Å². The number of hydrogen-bond donors (Lipinski definition) is 1. The van der Waals surface area contributed by atoms with Crippen LogP contribution in [0.25, 0.3) is 5.69 Å². The number of benzene rings is 1. The Bertz CT molecular complexity index is 754. The van der Waals surface area contributed by atoms with Gasteiger partial charge in [-0.2, -0.15) is 5.10 Å². The number of para-hydroxylation sites is 1. The summed E-state index contributed by atoms with van der Waals surface area (Å²) in [7, 11) is 0. The van der Waals surface area contributed by atoms with Gasteiger partial charge in [0.15, 0.2) is 5.69 Å². The largest absolute Gasteiger partial charge is 0.481 e. The van der Waals surface area contributed by atoms with Gasteiger partial charge in [-0.25, -0.2) is 4.68 Å². The molecule has 126 valence electrons. The van der Waals surface area contributed by atoms with Crippen LogP contribution in [-0.4, -0.2) is 44.3 Å². The molecule has 0 saturated carbocycles. The highest BCUT2D eigenvalue weighted by Crippen LogP contribution is 2.24. The van der Waals surface area contributed by atoms with Crippen LogP contribution in [0.2, 0.25) is 0 Å². The molecule has 1 saturated heterocycles. The molecule has 0 spiro atoms. The minimum absolute atomic E-state index is 0.0234. The Balaban J connectivity index is 1.86. The highest BCUT2D eigenvalue weighted by atomic mass is 16.4. The number of carboxylic acid groups (broad SMARTS) is 1. The first-order chi connectivity index (χ1) is 11.5. The first-order valence-corrected chi connectivity index (χ1v) is 8.13. The van der Waals surface area contributed by atoms with Gasteiger partial charge in [-0.3, -0.25) is 9.59 Å². The molecular formula is C18H21N3O3. The second-order valence-corrected chi connectivity index (χ2v) is 6.34. The zero-order valence-electron chi connectivity index (χ0n) is 13.8. The molecule has 0 bridgehead atoms. The Morgan fingerprint density at radius 3 is 2.58 bits per heavy atom. The summed E-state index contributed by atoms with van der Waals surface area (Å²) in [6.07, 6.45) is 1.30. The van der Waals surface area contributed by atoms with E-state index in [9.17, 15) is 14.7 Å². The number of aromatic nitrogens is 2. The van der Waals surface area contributed by atoms with E-state index in [2.05, 4.69) is 5.10 Å². The number of carboxylic acids is 1. The highest BCUT2D eigenvalue weighted by Gasteiger charge is 2.34. The molecule has 1 aromatic heterocycles. The monoisotopic (exact) mass is 327 g/mol. The van der Waals surface area contributed by atoms with E-state index in [0.29, 0.717) is 18.5 Å². The zero-order chi connectivity index (χ0) is 17.3. The molecule has 1 N–H and O–H groups in total. The third-order valence-corrected chi connectivity index (χ3v) is 4.60. The average molecular weight is 327 g/mol. The lowest BCUT2D eigenvalue weighted by Crippen LogP contribution is -2.47. The zero-order valence-corrected chi connectivity index (χ0v) is 13.8. The number of carbonyl (C=O) groups is 2. The molecule has 2 heterocycles. The number of piperidine rings is 1. The SMILES string of the molecule is Cc1cc(C(=O)N2CC(C(=O)O)CCC2C)nn1-c1ccccc1. The van der Waals surface area contributed by atoms with Crippen LogP contribution in [0.3, 0.4) is 0 Å². The van der Waals surface area contributed by atoms with E-state index in [1.54, 1.807) is 15.6 Å². The maximum absolute atomic E-state index is 12.8. The van der Waals surface area contributed by atoms with E-state index in [1.165, 1.54) is 0 Å². The number of nitrogens with zero attached hydrogens (tertiary/aromatic N) is 3. The third-order valence-electron chi connectivity index (χ3n) is 4.60. The number of aryl methyl sites for hydroxylation is 1. The van der Waals surface area contributed by atoms with Crippen LogP contribution < -0.4 is 0 Å². The summed E-state index contributed by atoms with van der Waals surface area (Å²) in [5, 5.41) is 13.7. The molecule has 1 amide bonds. The van der Waals surface area contributed by atoms with Crippen LogP contribution in [0.1, 0.15) is 35.9 Å². The molecule has 2 aromatic rings. The lowest BCUT2D eigenvalue weighted by molar-refractivity contribution is -0.143. The van der Waals surface area contributed by atoms with Gasteiger partial charge in [0.1, 0.15) is 0 Å². The predicted octanol–water partition coefficient (Wildman–Crippen LogP) is 2.51. The lowest BCUT2D eigenvalue weighted by Gasteiger charge is -2.36. The summed E-state index contributed by atoms with van der Waals surface area (Å²) < 4.78 is 1.73. The number of likely N-dealkylation sites (tertiary alicyclic amines) is 1. The molecule has 1 fully saturated rings. The van der Waals surface area contributed by atoms with E-state index < -0.39 is 11.9 Å². The van der Waals surface area contributed by atoms with Crippen molar-refractivity contribution in [1.29, 1.82) is 0 Å². The van der Waals surface area contributed by atoms with E-state index in [0.717, 1.165) is 11.4 Å². The minimum atomic E-state index is -0.842. The van der Waals surface area contributed by atoms with Crippen LogP contribution in [0.4, 0.5) is 0 Å². The van der Waals surface area contributed by atoms with Crippen LogP contribution in [0, 0.1) is 12.8 Å². The summed E-state index contributed by atoms with van der Waals surface area (Å²) in [5.74, 6) is -1.54. The highest BCUT2D eigenvalue weighted by molar-refractivity contribution is 5.93. The Morgan fingerprint density at radius 2 is 1.92 bits per heavy atom. The Hall–Kier alpha value is -2.63. The molecule has 0 aliphatic carbocycles. The summed E-state index contributed by atoms with van der Waals surface area (Å²) in [5.41, 5.74) is 2.11. The quantitative estimate of drug-likeness (QED) is 0.940. The second-order valence-electron chi connectivity index (χ2n) is 6.34. The van der Waals surface area contributed by atoms with Crippen molar-refractivity contribution in [2.24, 2.45) is 5.92 Å². The summed E-state index contributed by atoms with van der Waals surface area (Å²) >= 11 is 0. The average Bonchev–Trinajstić information content (AvgIpc) is 2.97. The molecule has 0 radical (unpaired) electrons. The lowest BCUT2D eigenvalue weighted by atomic mass is 9.93. The maximum atomic E-state index is 12.8. The first kappa shape index (κ1) is 16.2. The molecule has 6 nitrogen and oxygen atoms in total. The van der Waals surface area contributed by atoms with Gasteiger partial charge < -0.3 is 10.0 Å². The van der Waals surface area contributed by atoms with Crippen molar-refractivity contribution in [2.45, 2.75) is 32.7 Å². The normalized spacial score (nSPS) is 20.8. The maximum Gasteiger partial charge on any atom is 0.308 e. The molecule has 2 unspecified atom stereocenters. The fourth-order valence-electron chi connectivity index (χ4n) is 3.15. The van der Waals surface area contributed by atoms with Crippen LogP contribution in [0.5, 0.6) is 0 Å². The predicted molar refractivity (Wildman–Crippen MR) is 89.2 cm³/mol. The van der Waals surface area contributed by atoms with Crippen molar-refractivity contribution in [3.05, 3.63) is 47.8 Å². The first-order valence-electron chi connectivity index (χ1n) is 8.13. The molecule has 2 atom stereocenters. The molecular weight excluding hydrogens is 306 g/mol. The second kappa shape index (κ2) is 6.47. The van der Waals surface area contributed by atoms with Gasteiger partial charge in [0.25, 0.3) is 5.91 Å². The van der Waals surface area contributed by atoms with Crippen LogP contribution in [0.15, 0.2) is 36.4 Å². The van der Waals surface area contributed by atoms with E-state index in [-0.39, 0.29) is 18.5 Å². The smallest absolute Gasteiger partial charge is 0.308 e. The Morgan fingerprint density at radius 1 is 1.21 bits per heavy atom. The topological polar surface area (TPSA) is 75.4 Å². The van der Waals surface area contributed by atoms with Crippen LogP contribution >= 0.6 is 0 Å². The minimum Gasteiger partial charge on any atom is -0.481 e. The Labute approximate surface area is 140 Å². The van der Waals surface area contributed by atoms with Crippen molar-refractivity contribution in [3.8, 4) is 5.69 Å². The summed E-state index contributed by atoms with van der Waals surface area (Å²) in [6.45, 7) is 4.10. The standard InChI is InChI=1S/C18H21N3O3/c1-12-8-9-14(18(23)24)11-20(12)17(22)16-10-13(2)21(19-16)15-6-4-3-5-7-15/h3-7,10,12,14H,8-9,11H2,1-2H3,(H,23,24). The van der Waals surface area contributed by atoms with Gasteiger partial charge in [-0.1, -0.05) is 18.2 Å². The van der Waals surface area contributed by atoms with Gasteiger partial charge in [0.2, 0.25) is 0 Å². The third kappa shape index (κ3) is 3.04. The molecule has 1 aliphatic heterocycles. The van der Waals surface area contributed by atoms with Crippen molar-refractivity contribution in [2.75, 3.05) is 6.54 Å². The molecule has 6 heteroatoms. The summed E-state index contributed by atoms with van der Waals surface area (Å²) in [4.78, 5) is 25.7. The number of amides is 1. The molecule has 1 aromatic carbocycles. The van der Waals surface area contributed by atoms with Gasteiger partial charge in [-0.05, 0) is 44.9 Å². The van der Waals surface area contributed by atoms with Crippen molar-refractivity contribution >= 4 is 11.9 Å². The number of aliphatic carboxylic acids is 1. The van der Waals surface area contributed by atoms with Crippen molar-refractivity contribution < 1.29 is 14.7 Å². The number of carbonyl (C=O) groups excluding carboxylic acids is 1. The molecule has 1 aliphatic rings. The number of hydrogen-bond acceptors (Lipinski definition) is 3. The molecule has 3 rings (SSSR count). The van der Waals surface area contributed by atoms with E-state index >= 15 is 0 Å².